The van der Waals surface area contributed by atoms with Crippen molar-refractivity contribution in [2.45, 2.75) is 31.8 Å². The van der Waals surface area contributed by atoms with E-state index in [1.54, 1.807) is 0 Å². The minimum Gasteiger partial charge on any atom is -0.395 e. The summed E-state index contributed by atoms with van der Waals surface area (Å²) in [7, 11) is 0. The van der Waals surface area contributed by atoms with Gasteiger partial charge in [-0.25, -0.2) is 0 Å². The van der Waals surface area contributed by atoms with Crippen LogP contribution in [0.5, 0.6) is 0 Å². The van der Waals surface area contributed by atoms with Gasteiger partial charge in [0.05, 0.1) is 6.61 Å². The van der Waals surface area contributed by atoms with Crippen LogP contribution in [0.25, 0.3) is 10.9 Å². The lowest BCUT2D eigenvalue weighted by Gasteiger charge is -2.35. The normalized spacial score (nSPS) is 16.8. The maximum atomic E-state index is 12.6. The highest BCUT2D eigenvalue weighted by atomic mass is 16.3. The zero-order chi connectivity index (χ0) is 17.9. The Labute approximate surface area is 153 Å². The summed E-state index contributed by atoms with van der Waals surface area (Å²) in [6.07, 6.45) is 3.30. The number of H-pyrrole nitrogens is 1. The molecule has 0 spiro atoms. The molecule has 2 N–H and O–H groups in total. The maximum Gasteiger partial charge on any atom is 0.252 e. The van der Waals surface area contributed by atoms with Crippen LogP contribution in [0, 0.1) is 0 Å². The lowest BCUT2D eigenvalue weighted by atomic mass is 9.86. The Kier molecular flexibility index (Phi) is 4.87. The lowest BCUT2D eigenvalue weighted by molar-refractivity contribution is 0.131. The summed E-state index contributed by atoms with van der Waals surface area (Å²) in [6.45, 7) is 1.19. The molecule has 4 nitrogen and oxygen atoms in total. The lowest BCUT2D eigenvalue weighted by Crippen LogP contribution is -2.35. The van der Waals surface area contributed by atoms with Gasteiger partial charge in [0, 0.05) is 30.2 Å². The molecule has 1 aromatic heterocycles. The van der Waals surface area contributed by atoms with Crippen molar-refractivity contribution < 1.29 is 5.11 Å². The van der Waals surface area contributed by atoms with Crippen LogP contribution in [0.1, 0.15) is 35.6 Å². The number of hydrogen-bond donors (Lipinski definition) is 2. The number of aromatic nitrogens is 1. The van der Waals surface area contributed by atoms with Crippen molar-refractivity contribution in [1.29, 1.82) is 0 Å². The van der Waals surface area contributed by atoms with E-state index in [0.717, 1.165) is 35.7 Å². The minimum atomic E-state index is -0.0456. The van der Waals surface area contributed by atoms with Gasteiger partial charge in [-0.05, 0) is 47.9 Å². The fourth-order valence-electron chi connectivity index (χ4n) is 4.11. The summed E-state index contributed by atoms with van der Waals surface area (Å²) in [5.74, 6) is 0. The van der Waals surface area contributed by atoms with Gasteiger partial charge in [-0.3, -0.25) is 9.69 Å². The first-order chi connectivity index (χ1) is 12.8. The fraction of sp³-hybridized carbons (Fsp3) is 0.318. The predicted molar refractivity (Wildman–Crippen MR) is 104 cm³/mol. The zero-order valence-electron chi connectivity index (χ0n) is 14.8. The number of fused-ring (bicyclic) bond motifs is 2. The predicted octanol–water partition coefficient (Wildman–Crippen LogP) is 3.40. The summed E-state index contributed by atoms with van der Waals surface area (Å²) in [6, 6.07) is 18.6. The van der Waals surface area contributed by atoms with Crippen molar-refractivity contribution in [3.05, 3.63) is 81.6 Å². The van der Waals surface area contributed by atoms with E-state index in [1.165, 1.54) is 11.1 Å². The third-order valence-corrected chi connectivity index (χ3v) is 5.37. The minimum absolute atomic E-state index is 0.0456. The van der Waals surface area contributed by atoms with Gasteiger partial charge < -0.3 is 10.1 Å². The topological polar surface area (TPSA) is 56.3 Å². The summed E-state index contributed by atoms with van der Waals surface area (Å²) in [5.41, 5.74) is 4.29. The van der Waals surface area contributed by atoms with Crippen molar-refractivity contribution in [2.75, 3.05) is 13.2 Å². The fourth-order valence-corrected chi connectivity index (χ4v) is 4.11. The molecule has 0 saturated carbocycles. The standard InChI is InChI=1S/C22H24N2O2/c25-13-12-24(21-11-5-8-16-6-1-3-9-19(16)21)15-18-14-17-7-2-4-10-20(17)23-22(18)26/h1-4,6-7,9-10,14,21,25H,5,8,11-13,15H2,(H,23,26). The molecule has 0 aliphatic heterocycles. The van der Waals surface area contributed by atoms with Gasteiger partial charge in [0.15, 0.2) is 0 Å². The Balaban J connectivity index is 1.68. The quantitative estimate of drug-likeness (QED) is 0.743. The zero-order valence-corrected chi connectivity index (χ0v) is 14.8. The molecule has 3 aromatic rings. The third-order valence-electron chi connectivity index (χ3n) is 5.37. The van der Waals surface area contributed by atoms with E-state index < -0.39 is 0 Å². The van der Waals surface area contributed by atoms with Crippen molar-refractivity contribution >= 4 is 10.9 Å². The molecular weight excluding hydrogens is 324 g/mol. The number of para-hydroxylation sites is 1. The number of hydrogen-bond acceptors (Lipinski definition) is 3. The van der Waals surface area contributed by atoms with E-state index in [9.17, 15) is 9.90 Å². The van der Waals surface area contributed by atoms with Crippen molar-refractivity contribution in [1.82, 2.24) is 9.88 Å². The molecule has 0 fully saturated rings. The number of aryl methyl sites for hydroxylation is 1. The second-order valence-corrected chi connectivity index (χ2v) is 7.01. The number of nitrogens with one attached hydrogen (secondary N) is 1. The largest absolute Gasteiger partial charge is 0.395 e. The van der Waals surface area contributed by atoms with Crippen molar-refractivity contribution in [2.24, 2.45) is 0 Å². The molecule has 4 heteroatoms. The molecule has 134 valence electrons. The van der Waals surface area contributed by atoms with Gasteiger partial charge in [0.25, 0.3) is 5.56 Å². The molecular formula is C22H24N2O2. The Morgan fingerprint density at radius 1 is 1.12 bits per heavy atom. The van der Waals surface area contributed by atoms with E-state index >= 15 is 0 Å². The van der Waals surface area contributed by atoms with Crippen LogP contribution < -0.4 is 5.56 Å². The van der Waals surface area contributed by atoms with E-state index in [0.29, 0.717) is 13.1 Å². The van der Waals surface area contributed by atoms with Crippen LogP contribution in [-0.4, -0.2) is 28.1 Å². The Morgan fingerprint density at radius 3 is 2.81 bits per heavy atom. The molecule has 2 aromatic carbocycles. The number of benzene rings is 2. The highest BCUT2D eigenvalue weighted by molar-refractivity contribution is 5.78. The number of aliphatic hydroxyl groups excluding tert-OH is 1. The van der Waals surface area contributed by atoms with Crippen LogP contribution in [0.2, 0.25) is 0 Å². The highest BCUT2D eigenvalue weighted by Gasteiger charge is 2.26. The average Bonchev–Trinajstić information content (AvgIpc) is 2.67. The molecule has 1 unspecified atom stereocenters. The monoisotopic (exact) mass is 348 g/mol. The van der Waals surface area contributed by atoms with Crippen LogP contribution in [0.3, 0.4) is 0 Å². The second kappa shape index (κ2) is 7.44. The Hall–Kier alpha value is -2.43. The number of aromatic amines is 1. The van der Waals surface area contributed by atoms with E-state index in [1.807, 2.05) is 30.3 Å². The molecule has 1 heterocycles. The number of rotatable bonds is 5. The van der Waals surface area contributed by atoms with E-state index in [4.69, 9.17) is 0 Å². The first-order valence-corrected chi connectivity index (χ1v) is 9.30. The third kappa shape index (κ3) is 3.30. The SMILES string of the molecule is O=c1[nH]c2ccccc2cc1CN(CCO)C1CCCc2ccccc21. The van der Waals surface area contributed by atoms with Gasteiger partial charge >= 0.3 is 0 Å². The van der Waals surface area contributed by atoms with Crippen LogP contribution in [0.4, 0.5) is 0 Å². The molecule has 0 amide bonds. The molecule has 4 rings (SSSR count). The number of aliphatic hydroxyl groups is 1. The van der Waals surface area contributed by atoms with Gasteiger partial charge in [-0.2, -0.15) is 0 Å². The van der Waals surface area contributed by atoms with Crippen molar-refractivity contribution in [3.8, 4) is 0 Å². The van der Waals surface area contributed by atoms with Gasteiger partial charge in [-0.1, -0.05) is 42.5 Å². The molecule has 1 atom stereocenters. The molecule has 0 saturated heterocycles. The molecule has 0 radical (unpaired) electrons. The van der Waals surface area contributed by atoms with Gasteiger partial charge in [0.2, 0.25) is 0 Å². The summed E-state index contributed by atoms with van der Waals surface area (Å²) >= 11 is 0. The molecule has 26 heavy (non-hydrogen) atoms. The Morgan fingerprint density at radius 2 is 1.92 bits per heavy atom. The summed E-state index contributed by atoms with van der Waals surface area (Å²) < 4.78 is 0. The summed E-state index contributed by atoms with van der Waals surface area (Å²) in [5, 5.41) is 10.6. The van der Waals surface area contributed by atoms with Crippen molar-refractivity contribution in [3.63, 3.8) is 0 Å². The number of pyridine rings is 1. The second-order valence-electron chi connectivity index (χ2n) is 7.01. The maximum absolute atomic E-state index is 12.6. The molecule has 1 aliphatic carbocycles. The molecule has 0 bridgehead atoms. The number of nitrogens with zero attached hydrogens (tertiary/aromatic N) is 1. The molecule has 1 aliphatic rings. The van der Waals surface area contributed by atoms with E-state index in [-0.39, 0.29) is 18.2 Å². The summed E-state index contributed by atoms with van der Waals surface area (Å²) in [4.78, 5) is 17.8. The first kappa shape index (κ1) is 17.0. The Bertz CT molecular complexity index is 964. The van der Waals surface area contributed by atoms with Gasteiger partial charge in [-0.15, -0.1) is 0 Å². The smallest absolute Gasteiger partial charge is 0.252 e. The van der Waals surface area contributed by atoms with Crippen LogP contribution in [0.15, 0.2) is 59.4 Å². The van der Waals surface area contributed by atoms with Crippen LogP contribution in [-0.2, 0) is 13.0 Å². The first-order valence-electron chi connectivity index (χ1n) is 9.30. The van der Waals surface area contributed by atoms with Crippen LogP contribution >= 0.6 is 0 Å². The highest BCUT2D eigenvalue weighted by Crippen LogP contribution is 2.34. The average molecular weight is 348 g/mol. The van der Waals surface area contributed by atoms with E-state index in [2.05, 4.69) is 34.1 Å². The van der Waals surface area contributed by atoms with Gasteiger partial charge in [0.1, 0.15) is 0 Å².